The lowest BCUT2D eigenvalue weighted by Gasteiger charge is -2.19. The van der Waals surface area contributed by atoms with Crippen LogP contribution in [0.3, 0.4) is 0 Å². The van der Waals surface area contributed by atoms with E-state index in [1.54, 1.807) is 13.3 Å². The van der Waals surface area contributed by atoms with Gasteiger partial charge in [-0.3, -0.25) is 0 Å². The van der Waals surface area contributed by atoms with E-state index in [9.17, 15) is 9.90 Å². The summed E-state index contributed by atoms with van der Waals surface area (Å²) in [5.74, 6) is -0.596. The molecule has 0 bridgehead atoms. The second kappa shape index (κ2) is 6.18. The number of nitrogens with zero attached hydrogens (tertiary/aromatic N) is 2. The zero-order chi connectivity index (χ0) is 15.5. The Labute approximate surface area is 128 Å². The monoisotopic (exact) mass is 298 g/mol. The number of allylic oxidation sites excluding steroid dienone is 5. The number of hydrogen-bond donors (Lipinski definition) is 1. The van der Waals surface area contributed by atoms with Crippen molar-refractivity contribution in [3.05, 3.63) is 53.3 Å². The molecule has 2 aliphatic rings. The van der Waals surface area contributed by atoms with Crippen LogP contribution in [0.15, 0.2) is 41.9 Å². The summed E-state index contributed by atoms with van der Waals surface area (Å²) in [4.78, 5) is 16.0. The Hall–Kier alpha value is -2.36. The van der Waals surface area contributed by atoms with Gasteiger partial charge in [0, 0.05) is 12.1 Å². The van der Waals surface area contributed by atoms with Crippen molar-refractivity contribution in [1.82, 2.24) is 9.55 Å². The molecule has 1 unspecified atom stereocenters. The maximum absolute atomic E-state index is 11.6. The molecule has 1 aromatic rings. The van der Waals surface area contributed by atoms with Crippen LogP contribution in [0.25, 0.3) is 5.70 Å². The molecule has 1 atom stereocenters. The normalized spacial score (nSPS) is 17.0. The Morgan fingerprint density at radius 1 is 1.55 bits per heavy atom. The lowest BCUT2D eigenvalue weighted by Crippen LogP contribution is -2.26. The van der Waals surface area contributed by atoms with Crippen molar-refractivity contribution in [2.24, 2.45) is 0 Å². The number of ether oxygens (including phenoxy) is 1. The molecule has 3 rings (SSSR count). The molecule has 1 aromatic heterocycles. The van der Waals surface area contributed by atoms with Crippen molar-refractivity contribution in [2.45, 2.75) is 32.3 Å². The van der Waals surface area contributed by atoms with Gasteiger partial charge in [-0.15, -0.1) is 5.73 Å². The Morgan fingerprint density at radius 3 is 3.23 bits per heavy atom. The van der Waals surface area contributed by atoms with Gasteiger partial charge in [0.05, 0.1) is 24.3 Å². The Kier molecular flexibility index (Phi) is 4.09. The number of esters is 1. The molecule has 0 amide bonds. The van der Waals surface area contributed by atoms with E-state index < -0.39 is 12.1 Å². The summed E-state index contributed by atoms with van der Waals surface area (Å²) in [6.07, 6.45) is 10.3. The molecule has 114 valence electrons. The van der Waals surface area contributed by atoms with E-state index in [1.165, 1.54) is 5.57 Å². The Bertz CT molecular complexity index is 718. The first-order valence-corrected chi connectivity index (χ1v) is 7.43. The van der Waals surface area contributed by atoms with E-state index in [-0.39, 0.29) is 13.0 Å². The smallest absolute Gasteiger partial charge is 0.335 e. The first kappa shape index (κ1) is 14.6. The van der Waals surface area contributed by atoms with E-state index in [0.717, 1.165) is 29.9 Å². The number of rotatable bonds is 4. The summed E-state index contributed by atoms with van der Waals surface area (Å²) in [6.45, 7) is 1.98. The van der Waals surface area contributed by atoms with Gasteiger partial charge in [-0.1, -0.05) is 6.08 Å². The first-order chi connectivity index (χ1) is 10.7. The maximum Gasteiger partial charge on any atom is 0.335 e. The van der Waals surface area contributed by atoms with Crippen LogP contribution >= 0.6 is 0 Å². The van der Waals surface area contributed by atoms with Gasteiger partial charge in [-0.05, 0) is 43.6 Å². The van der Waals surface area contributed by atoms with Crippen LogP contribution in [0.4, 0.5) is 0 Å². The van der Waals surface area contributed by atoms with Crippen molar-refractivity contribution in [2.75, 3.05) is 6.61 Å². The summed E-state index contributed by atoms with van der Waals surface area (Å²) >= 11 is 0. The van der Waals surface area contributed by atoms with Gasteiger partial charge in [0.25, 0.3) is 0 Å². The first-order valence-electron chi connectivity index (χ1n) is 7.43. The van der Waals surface area contributed by atoms with Gasteiger partial charge in [-0.25, -0.2) is 9.78 Å². The van der Waals surface area contributed by atoms with Crippen LogP contribution in [0.5, 0.6) is 0 Å². The molecule has 2 heterocycles. The molecular weight excluding hydrogens is 280 g/mol. The molecule has 0 radical (unpaired) electrons. The number of aliphatic hydroxyl groups is 1. The van der Waals surface area contributed by atoms with Crippen LogP contribution in [0.1, 0.15) is 24.7 Å². The average molecular weight is 298 g/mol. The third-order valence-electron chi connectivity index (χ3n) is 3.82. The van der Waals surface area contributed by atoms with Gasteiger partial charge in [0.2, 0.25) is 0 Å². The molecule has 1 aliphatic carbocycles. The number of hydrogen-bond acceptors (Lipinski definition) is 4. The topological polar surface area (TPSA) is 64.3 Å². The predicted octanol–water partition coefficient (Wildman–Crippen LogP) is 1.79. The molecular formula is C17H18N2O3. The third kappa shape index (κ3) is 2.69. The minimum atomic E-state index is -1.17. The van der Waals surface area contributed by atoms with Crippen molar-refractivity contribution < 1.29 is 14.6 Å². The highest BCUT2D eigenvalue weighted by Crippen LogP contribution is 2.29. The van der Waals surface area contributed by atoms with E-state index in [4.69, 9.17) is 4.74 Å². The fourth-order valence-electron chi connectivity index (χ4n) is 2.77. The fraction of sp³-hybridized carbons (Fsp3) is 0.353. The molecule has 22 heavy (non-hydrogen) atoms. The van der Waals surface area contributed by atoms with Crippen LogP contribution in [0.2, 0.25) is 0 Å². The SMILES string of the molecule is CCOC(=O)C(O)Cc1ncn2c1CCC1=C2C=CC=C=C1. The van der Waals surface area contributed by atoms with Gasteiger partial charge in [-0.2, -0.15) is 0 Å². The maximum atomic E-state index is 11.6. The van der Waals surface area contributed by atoms with Crippen LogP contribution in [-0.2, 0) is 22.4 Å². The third-order valence-corrected chi connectivity index (χ3v) is 3.82. The van der Waals surface area contributed by atoms with Crippen molar-refractivity contribution in [1.29, 1.82) is 0 Å². The quantitative estimate of drug-likeness (QED) is 0.680. The Balaban J connectivity index is 1.86. The van der Waals surface area contributed by atoms with Crippen molar-refractivity contribution in [3.8, 4) is 0 Å². The standard InChI is InChI=1S/C17H18N2O3/c1-2-22-17(21)16(20)10-13-15-9-8-12-6-4-3-5-7-14(12)19(15)11-18-13/h3,5-7,11,16,20H,2,8-10H2,1H3. The summed E-state index contributed by atoms with van der Waals surface area (Å²) in [6, 6.07) is 0. The summed E-state index contributed by atoms with van der Waals surface area (Å²) < 4.78 is 6.87. The molecule has 1 N–H and O–H groups in total. The number of aliphatic hydroxyl groups excluding tert-OH is 1. The highest BCUT2D eigenvalue weighted by molar-refractivity contribution is 5.75. The number of carbonyl (C=O) groups is 1. The largest absolute Gasteiger partial charge is 0.464 e. The average Bonchev–Trinajstić information content (AvgIpc) is 2.76. The lowest BCUT2D eigenvalue weighted by molar-refractivity contribution is -0.152. The number of carbonyl (C=O) groups excluding carboxylic acids is 1. The Morgan fingerprint density at radius 2 is 2.41 bits per heavy atom. The van der Waals surface area contributed by atoms with E-state index in [0.29, 0.717) is 0 Å². The van der Waals surface area contributed by atoms with E-state index in [1.807, 2.05) is 28.9 Å². The zero-order valence-electron chi connectivity index (χ0n) is 12.5. The van der Waals surface area contributed by atoms with Crippen LogP contribution in [0, 0.1) is 0 Å². The highest BCUT2D eigenvalue weighted by Gasteiger charge is 2.24. The van der Waals surface area contributed by atoms with Crippen molar-refractivity contribution in [3.63, 3.8) is 0 Å². The second-order valence-electron chi connectivity index (χ2n) is 5.23. The number of imidazole rings is 1. The number of aromatic nitrogens is 2. The molecule has 5 nitrogen and oxygen atoms in total. The molecule has 0 saturated carbocycles. The summed E-state index contributed by atoms with van der Waals surface area (Å²) in [7, 11) is 0. The van der Waals surface area contributed by atoms with Crippen LogP contribution in [-0.4, -0.2) is 33.3 Å². The minimum absolute atomic E-state index is 0.182. The summed E-state index contributed by atoms with van der Waals surface area (Å²) in [5.41, 5.74) is 7.20. The molecule has 5 heteroatoms. The lowest BCUT2D eigenvalue weighted by atomic mass is 9.99. The predicted molar refractivity (Wildman–Crippen MR) is 81.9 cm³/mol. The van der Waals surface area contributed by atoms with Gasteiger partial charge in [0.15, 0.2) is 6.10 Å². The summed E-state index contributed by atoms with van der Waals surface area (Å²) in [5, 5.41) is 9.93. The molecule has 0 fully saturated rings. The molecule has 1 aliphatic heterocycles. The molecule has 0 saturated heterocycles. The fourth-order valence-corrected chi connectivity index (χ4v) is 2.77. The highest BCUT2D eigenvalue weighted by atomic mass is 16.5. The zero-order valence-corrected chi connectivity index (χ0v) is 12.5. The molecule has 0 spiro atoms. The van der Waals surface area contributed by atoms with Crippen molar-refractivity contribution >= 4 is 11.7 Å². The molecule has 0 aromatic carbocycles. The van der Waals surface area contributed by atoms with E-state index in [2.05, 4.69) is 10.7 Å². The second-order valence-corrected chi connectivity index (χ2v) is 5.23. The number of fused-ring (bicyclic) bond motifs is 2. The van der Waals surface area contributed by atoms with Crippen LogP contribution < -0.4 is 0 Å². The van der Waals surface area contributed by atoms with Gasteiger partial charge < -0.3 is 14.4 Å². The minimum Gasteiger partial charge on any atom is -0.464 e. The van der Waals surface area contributed by atoms with Gasteiger partial charge in [0.1, 0.15) is 0 Å². The van der Waals surface area contributed by atoms with Gasteiger partial charge >= 0.3 is 5.97 Å². The van der Waals surface area contributed by atoms with E-state index >= 15 is 0 Å².